The highest BCUT2D eigenvalue weighted by molar-refractivity contribution is 7.89. The lowest BCUT2D eigenvalue weighted by Crippen LogP contribution is -2.62. The molecule has 0 spiro atoms. The number of esters is 3. The number of amides is 1. The first-order chi connectivity index (χ1) is 24.0. The van der Waals surface area contributed by atoms with Gasteiger partial charge in [-0.1, -0.05) is 11.6 Å². The SMILES string of the molecule is C[C@@H]1CO[C@@](O)(c2cc(F)cc(F)c2)[C@H](C)N1C(=O)OCOC(=O)CC(=O)OCCOC(=O)c1cc(S(N)(=O)=O)c(Cl)cc1NCc1ccco1. The number of hydrogen-bond acceptors (Lipinski definition) is 14. The van der Waals surface area contributed by atoms with E-state index in [2.05, 4.69) is 5.32 Å². The molecule has 0 unspecified atom stereocenters. The number of furan rings is 1. The van der Waals surface area contributed by atoms with Crippen LogP contribution in [0.15, 0.2) is 58.0 Å². The van der Waals surface area contributed by atoms with Gasteiger partial charge in [0.25, 0.3) is 0 Å². The number of morpholine rings is 1. The molecule has 4 N–H and O–H groups in total. The number of primary sulfonamides is 1. The number of ether oxygens (including phenoxy) is 5. The molecule has 0 aliphatic carbocycles. The highest BCUT2D eigenvalue weighted by Gasteiger charge is 2.49. The fraction of sp³-hybridized carbons (Fsp3) is 0.355. The fourth-order valence-corrected chi connectivity index (χ4v) is 6.03. The van der Waals surface area contributed by atoms with E-state index < -0.39 is 94.9 Å². The summed E-state index contributed by atoms with van der Waals surface area (Å²) in [5, 5.41) is 18.9. The summed E-state index contributed by atoms with van der Waals surface area (Å²) >= 11 is 6.06. The smallest absolute Gasteiger partial charge is 0.413 e. The molecular weight excluding hydrogens is 728 g/mol. The molecule has 20 heteroatoms. The topological polar surface area (TPSA) is 223 Å². The number of rotatable bonds is 13. The lowest BCUT2D eigenvalue weighted by molar-refractivity contribution is -0.280. The first-order valence-electron chi connectivity index (χ1n) is 14.9. The molecule has 1 aromatic heterocycles. The summed E-state index contributed by atoms with van der Waals surface area (Å²) in [6.07, 6.45) is -0.560. The van der Waals surface area contributed by atoms with Crippen LogP contribution in [-0.4, -0.2) is 81.1 Å². The molecule has 2 heterocycles. The summed E-state index contributed by atoms with van der Waals surface area (Å²) in [5.74, 6) is -7.03. The van der Waals surface area contributed by atoms with Crippen LogP contribution in [0, 0.1) is 11.6 Å². The van der Waals surface area contributed by atoms with Crippen molar-refractivity contribution in [2.45, 2.75) is 49.6 Å². The monoisotopic (exact) mass is 759 g/mol. The van der Waals surface area contributed by atoms with Crippen molar-refractivity contribution in [3.63, 3.8) is 0 Å². The Kier molecular flexibility index (Phi) is 12.6. The largest absolute Gasteiger partial charge is 0.467 e. The highest BCUT2D eigenvalue weighted by Crippen LogP contribution is 2.36. The summed E-state index contributed by atoms with van der Waals surface area (Å²) in [4.78, 5) is 50.4. The maximum atomic E-state index is 13.8. The average Bonchev–Trinajstić information content (AvgIpc) is 3.57. The van der Waals surface area contributed by atoms with Crippen LogP contribution in [0.1, 0.15) is 41.9 Å². The number of nitrogens with one attached hydrogen (secondary N) is 1. The summed E-state index contributed by atoms with van der Waals surface area (Å²) < 4.78 is 81.9. The van der Waals surface area contributed by atoms with E-state index in [0.717, 1.165) is 23.1 Å². The van der Waals surface area contributed by atoms with Gasteiger partial charge in [0.15, 0.2) is 0 Å². The van der Waals surface area contributed by atoms with E-state index in [0.29, 0.717) is 11.8 Å². The van der Waals surface area contributed by atoms with Gasteiger partial charge in [-0.2, -0.15) is 0 Å². The molecule has 4 rings (SSSR count). The molecule has 1 saturated heterocycles. The van der Waals surface area contributed by atoms with Gasteiger partial charge in [0.1, 0.15) is 41.9 Å². The number of carbonyl (C=O) groups excluding carboxylic acids is 4. The van der Waals surface area contributed by atoms with Crippen LogP contribution in [0.5, 0.6) is 0 Å². The number of nitrogens with two attached hydrogens (primary N) is 1. The zero-order valence-corrected chi connectivity index (χ0v) is 28.5. The number of carbonyl (C=O) groups is 4. The molecule has 51 heavy (non-hydrogen) atoms. The Morgan fingerprint density at radius 2 is 1.71 bits per heavy atom. The van der Waals surface area contributed by atoms with Crippen LogP contribution in [0.25, 0.3) is 0 Å². The fourth-order valence-electron chi connectivity index (χ4n) is 4.93. The molecule has 2 aromatic carbocycles. The van der Waals surface area contributed by atoms with Crippen molar-refractivity contribution in [1.29, 1.82) is 0 Å². The maximum absolute atomic E-state index is 13.8. The molecule has 16 nitrogen and oxygen atoms in total. The molecule has 276 valence electrons. The maximum Gasteiger partial charge on any atom is 0.413 e. The number of nitrogens with zero attached hydrogens (tertiary/aromatic N) is 1. The minimum atomic E-state index is -4.32. The predicted octanol–water partition coefficient (Wildman–Crippen LogP) is 3.15. The third-order valence-corrected chi connectivity index (χ3v) is 8.77. The van der Waals surface area contributed by atoms with Gasteiger partial charge in [0, 0.05) is 11.6 Å². The van der Waals surface area contributed by atoms with Gasteiger partial charge >= 0.3 is 24.0 Å². The summed E-state index contributed by atoms with van der Waals surface area (Å²) in [6, 6.07) is 5.80. The summed E-state index contributed by atoms with van der Waals surface area (Å²) in [7, 11) is -4.32. The van der Waals surface area contributed by atoms with E-state index in [9.17, 15) is 41.5 Å². The average molecular weight is 760 g/mol. The Morgan fingerprint density at radius 3 is 2.35 bits per heavy atom. The lowest BCUT2D eigenvalue weighted by Gasteiger charge is -2.47. The molecule has 1 aliphatic rings. The van der Waals surface area contributed by atoms with Gasteiger partial charge in [-0.25, -0.2) is 31.9 Å². The Bertz CT molecular complexity index is 1860. The zero-order valence-electron chi connectivity index (χ0n) is 26.9. The third-order valence-electron chi connectivity index (χ3n) is 7.39. The lowest BCUT2D eigenvalue weighted by atomic mass is 9.94. The molecule has 1 aliphatic heterocycles. The van der Waals surface area contributed by atoms with E-state index >= 15 is 0 Å². The Morgan fingerprint density at radius 1 is 1.04 bits per heavy atom. The van der Waals surface area contributed by atoms with Crippen molar-refractivity contribution in [1.82, 2.24) is 4.90 Å². The number of sulfonamides is 1. The second kappa shape index (κ2) is 16.5. The van der Waals surface area contributed by atoms with Gasteiger partial charge in [0.2, 0.25) is 22.6 Å². The molecule has 0 bridgehead atoms. The van der Waals surface area contributed by atoms with Crippen molar-refractivity contribution in [2.24, 2.45) is 5.14 Å². The number of hydrogen-bond donors (Lipinski definition) is 3. The van der Waals surface area contributed by atoms with Gasteiger partial charge in [-0.15, -0.1) is 0 Å². The zero-order chi connectivity index (χ0) is 37.5. The van der Waals surface area contributed by atoms with Crippen LogP contribution < -0.4 is 10.5 Å². The standard InChI is InChI=1S/C31H32ClF2N3O13S/c1-17-15-50-31(42,19-8-20(33)10-21(34)9-19)18(2)37(17)30(41)49-16-48-28(39)13-27(38)46-6-7-47-29(40)23-11-26(51(35,43)44)24(32)12-25(23)36-14-22-4-3-5-45-22/h3-5,8-12,17-18,36,42H,6-7,13-16H2,1-2H3,(H2,35,43,44)/t17-,18+,31-/m1/s1. The van der Waals surface area contributed by atoms with E-state index in [4.69, 9.17) is 44.8 Å². The summed E-state index contributed by atoms with van der Waals surface area (Å²) in [6.45, 7) is 0.806. The first kappa shape index (κ1) is 39.0. The summed E-state index contributed by atoms with van der Waals surface area (Å²) in [5.41, 5.74) is -0.446. The molecule has 0 saturated carbocycles. The van der Waals surface area contributed by atoms with Gasteiger partial charge < -0.3 is 38.5 Å². The van der Waals surface area contributed by atoms with E-state index in [-0.39, 0.29) is 35.0 Å². The highest BCUT2D eigenvalue weighted by atomic mass is 35.5. The molecule has 3 atom stereocenters. The van der Waals surface area contributed by atoms with Crippen molar-refractivity contribution < 1.29 is 69.6 Å². The Labute approximate surface area is 294 Å². The molecule has 1 fully saturated rings. The van der Waals surface area contributed by atoms with Crippen LogP contribution in [-0.2, 0) is 55.6 Å². The van der Waals surface area contributed by atoms with Crippen LogP contribution >= 0.6 is 11.6 Å². The van der Waals surface area contributed by atoms with E-state index in [1.165, 1.54) is 19.3 Å². The van der Waals surface area contributed by atoms with E-state index in [1.54, 1.807) is 19.1 Å². The molecule has 0 radical (unpaired) electrons. The molecule has 1 amide bonds. The van der Waals surface area contributed by atoms with Crippen LogP contribution in [0.4, 0.5) is 19.3 Å². The van der Waals surface area contributed by atoms with Crippen molar-refractivity contribution in [3.8, 4) is 0 Å². The predicted molar refractivity (Wildman–Crippen MR) is 169 cm³/mol. The normalized spacial score (nSPS) is 18.8. The number of benzene rings is 2. The minimum absolute atomic E-state index is 0.0874. The molecular formula is C31H32ClF2N3O13S. The quantitative estimate of drug-likeness (QED) is 0.0749. The number of halogens is 3. The number of anilines is 1. The first-order valence-corrected chi connectivity index (χ1v) is 16.8. The molecule has 3 aromatic rings. The van der Waals surface area contributed by atoms with E-state index in [1.807, 2.05) is 0 Å². The van der Waals surface area contributed by atoms with Crippen LogP contribution in [0.2, 0.25) is 5.02 Å². The second-order valence-electron chi connectivity index (χ2n) is 11.0. The Balaban J connectivity index is 1.23. The Hall–Kier alpha value is -4.82. The van der Waals surface area contributed by atoms with Crippen LogP contribution in [0.3, 0.4) is 0 Å². The minimum Gasteiger partial charge on any atom is -0.467 e. The third kappa shape index (κ3) is 9.91. The van der Waals surface area contributed by atoms with Gasteiger partial charge in [-0.05, 0) is 50.2 Å². The van der Waals surface area contributed by atoms with Crippen molar-refractivity contribution in [3.05, 3.63) is 82.3 Å². The van der Waals surface area contributed by atoms with Gasteiger partial charge in [0.05, 0.1) is 47.8 Å². The van der Waals surface area contributed by atoms with Gasteiger partial charge in [-0.3, -0.25) is 14.5 Å². The van der Waals surface area contributed by atoms with Crippen molar-refractivity contribution in [2.75, 3.05) is 31.9 Å². The second-order valence-corrected chi connectivity index (χ2v) is 12.9. The van der Waals surface area contributed by atoms with Crippen molar-refractivity contribution >= 4 is 51.3 Å². The number of aliphatic hydroxyl groups is 1.